The van der Waals surface area contributed by atoms with Gasteiger partial charge in [-0.1, -0.05) is 18.2 Å². The number of hydrogen-bond donors (Lipinski definition) is 1. The molecular formula is C25H21BrFNO4. The van der Waals surface area contributed by atoms with Crippen LogP contribution in [0, 0.1) is 5.82 Å². The molecule has 0 saturated heterocycles. The Kier molecular flexibility index (Phi) is 7.78. The Hall–Kier alpha value is -3.45. The highest BCUT2D eigenvalue weighted by Crippen LogP contribution is 2.37. The lowest BCUT2D eigenvalue weighted by atomic mass is 10.1. The fourth-order valence-corrected chi connectivity index (χ4v) is 3.46. The van der Waals surface area contributed by atoms with Crippen molar-refractivity contribution >= 4 is 39.4 Å². The van der Waals surface area contributed by atoms with Gasteiger partial charge in [0.2, 0.25) is 5.91 Å². The summed E-state index contributed by atoms with van der Waals surface area (Å²) >= 11 is 3.45. The van der Waals surface area contributed by atoms with Crippen molar-refractivity contribution in [2.24, 2.45) is 0 Å². The third-order valence-corrected chi connectivity index (χ3v) is 5.16. The van der Waals surface area contributed by atoms with Gasteiger partial charge in [-0.25, -0.2) is 4.39 Å². The summed E-state index contributed by atoms with van der Waals surface area (Å²) in [7, 11) is 1.50. The molecule has 0 bridgehead atoms. The van der Waals surface area contributed by atoms with Crippen LogP contribution in [-0.4, -0.2) is 18.8 Å². The van der Waals surface area contributed by atoms with Crippen LogP contribution in [0.4, 0.5) is 10.1 Å². The topological polar surface area (TPSA) is 64.6 Å². The summed E-state index contributed by atoms with van der Waals surface area (Å²) in [5, 5.41) is 2.74. The molecule has 3 rings (SSSR count). The number of nitrogens with one attached hydrogen (secondary N) is 1. The monoisotopic (exact) mass is 497 g/mol. The molecule has 0 fully saturated rings. The quantitative estimate of drug-likeness (QED) is 0.304. The van der Waals surface area contributed by atoms with E-state index in [1.54, 1.807) is 60.7 Å². The molecule has 0 saturated carbocycles. The lowest BCUT2D eigenvalue weighted by molar-refractivity contribution is -0.111. The summed E-state index contributed by atoms with van der Waals surface area (Å²) in [4.78, 5) is 23.6. The minimum Gasteiger partial charge on any atom is -0.493 e. The van der Waals surface area contributed by atoms with Crippen molar-refractivity contribution in [3.8, 4) is 11.5 Å². The minimum atomic E-state index is -0.343. The van der Waals surface area contributed by atoms with Gasteiger partial charge in [0, 0.05) is 22.9 Å². The van der Waals surface area contributed by atoms with E-state index < -0.39 is 0 Å². The Bertz CT molecular complexity index is 1160. The zero-order valence-electron chi connectivity index (χ0n) is 17.5. The van der Waals surface area contributed by atoms with E-state index in [9.17, 15) is 14.0 Å². The molecule has 0 spiro atoms. The van der Waals surface area contributed by atoms with E-state index in [1.807, 2.05) is 0 Å². The van der Waals surface area contributed by atoms with Gasteiger partial charge in [0.1, 0.15) is 12.4 Å². The van der Waals surface area contributed by atoms with Crippen molar-refractivity contribution < 1.29 is 23.5 Å². The smallest absolute Gasteiger partial charge is 0.248 e. The van der Waals surface area contributed by atoms with Crippen molar-refractivity contribution in [1.82, 2.24) is 0 Å². The van der Waals surface area contributed by atoms with Gasteiger partial charge in [-0.2, -0.15) is 0 Å². The van der Waals surface area contributed by atoms with Crippen LogP contribution < -0.4 is 14.8 Å². The molecule has 1 N–H and O–H groups in total. The second-order valence-corrected chi connectivity index (χ2v) is 7.72. The minimum absolute atomic E-state index is 0.0383. The number of anilines is 1. The van der Waals surface area contributed by atoms with E-state index in [0.717, 1.165) is 0 Å². The van der Waals surface area contributed by atoms with Gasteiger partial charge in [0.15, 0.2) is 17.3 Å². The summed E-state index contributed by atoms with van der Waals surface area (Å²) < 4.78 is 25.6. The van der Waals surface area contributed by atoms with Gasteiger partial charge < -0.3 is 14.8 Å². The lowest BCUT2D eigenvalue weighted by Gasteiger charge is -2.14. The average molecular weight is 498 g/mol. The highest BCUT2D eigenvalue weighted by molar-refractivity contribution is 9.10. The molecule has 0 aromatic heterocycles. The first kappa shape index (κ1) is 23.2. The second kappa shape index (κ2) is 10.7. The Morgan fingerprint density at radius 1 is 1.09 bits per heavy atom. The highest BCUT2D eigenvalue weighted by Gasteiger charge is 2.12. The second-order valence-electron chi connectivity index (χ2n) is 6.87. The number of ether oxygens (including phenoxy) is 2. The molecule has 0 aliphatic carbocycles. The molecule has 0 unspecified atom stereocenters. The van der Waals surface area contributed by atoms with Gasteiger partial charge in [0.05, 0.1) is 11.6 Å². The third-order valence-electron chi connectivity index (χ3n) is 4.57. The van der Waals surface area contributed by atoms with Crippen LogP contribution in [0.2, 0.25) is 0 Å². The maximum atomic E-state index is 13.8. The molecule has 7 heteroatoms. The maximum Gasteiger partial charge on any atom is 0.248 e. The Morgan fingerprint density at radius 3 is 2.47 bits per heavy atom. The molecule has 3 aromatic rings. The number of methoxy groups -OCH3 is 1. The van der Waals surface area contributed by atoms with E-state index in [0.29, 0.717) is 38.3 Å². The summed E-state index contributed by atoms with van der Waals surface area (Å²) in [6, 6.07) is 16.5. The van der Waals surface area contributed by atoms with Crippen LogP contribution in [0.25, 0.3) is 6.08 Å². The van der Waals surface area contributed by atoms with Crippen molar-refractivity contribution in [1.29, 1.82) is 0 Å². The Morgan fingerprint density at radius 2 is 1.81 bits per heavy atom. The van der Waals surface area contributed by atoms with E-state index in [1.165, 1.54) is 26.2 Å². The number of amides is 1. The van der Waals surface area contributed by atoms with Crippen LogP contribution in [0.1, 0.15) is 28.4 Å². The number of carbonyl (C=O) groups excluding carboxylic acids is 2. The van der Waals surface area contributed by atoms with Gasteiger partial charge in [-0.05, 0) is 77.0 Å². The summed E-state index contributed by atoms with van der Waals surface area (Å²) in [5.41, 5.74) is 2.29. The first-order chi connectivity index (χ1) is 15.4. The molecule has 1 amide bonds. The van der Waals surface area contributed by atoms with Crippen LogP contribution in [-0.2, 0) is 11.4 Å². The number of ketones is 1. The van der Waals surface area contributed by atoms with E-state index in [4.69, 9.17) is 9.47 Å². The standard InChI is InChI=1S/C25H21BrFNO4/c1-16(29)18-8-10-20(11-9-18)28-24(30)12-7-17-13-21(26)25(23(14-17)31-2)32-15-19-5-3-4-6-22(19)27/h3-14H,15H2,1-2H3,(H,28,30)/b12-7+. The van der Waals surface area contributed by atoms with Crippen LogP contribution in [0.5, 0.6) is 11.5 Å². The van der Waals surface area contributed by atoms with Crippen LogP contribution >= 0.6 is 15.9 Å². The number of hydrogen-bond acceptors (Lipinski definition) is 4. The molecule has 32 heavy (non-hydrogen) atoms. The van der Waals surface area contributed by atoms with Gasteiger partial charge in [0.25, 0.3) is 0 Å². The predicted molar refractivity (Wildman–Crippen MR) is 126 cm³/mol. The SMILES string of the molecule is COc1cc(/C=C/C(=O)Nc2ccc(C(C)=O)cc2)cc(Br)c1OCc1ccccc1F. The normalized spacial score (nSPS) is 10.8. The number of benzene rings is 3. The van der Waals surface area contributed by atoms with Crippen molar-refractivity contribution in [2.45, 2.75) is 13.5 Å². The highest BCUT2D eigenvalue weighted by atomic mass is 79.9. The van der Waals surface area contributed by atoms with Gasteiger partial charge in [-0.15, -0.1) is 0 Å². The molecule has 0 atom stereocenters. The number of rotatable bonds is 8. The van der Waals surface area contributed by atoms with Gasteiger partial charge >= 0.3 is 0 Å². The van der Waals surface area contributed by atoms with Crippen molar-refractivity contribution in [2.75, 3.05) is 12.4 Å². The molecule has 5 nitrogen and oxygen atoms in total. The van der Waals surface area contributed by atoms with E-state index >= 15 is 0 Å². The zero-order valence-corrected chi connectivity index (χ0v) is 19.1. The summed E-state index contributed by atoms with van der Waals surface area (Å²) in [6.07, 6.45) is 3.02. The molecule has 0 radical (unpaired) electrons. The Balaban J connectivity index is 1.69. The number of halogens is 2. The largest absolute Gasteiger partial charge is 0.493 e. The fraction of sp³-hybridized carbons (Fsp3) is 0.120. The van der Waals surface area contributed by atoms with Crippen LogP contribution in [0.15, 0.2) is 71.2 Å². The van der Waals surface area contributed by atoms with Crippen molar-refractivity contribution in [3.63, 3.8) is 0 Å². The summed E-state index contributed by atoms with van der Waals surface area (Å²) in [5.74, 6) is 0.168. The van der Waals surface area contributed by atoms with Crippen LogP contribution in [0.3, 0.4) is 0 Å². The molecule has 164 valence electrons. The third kappa shape index (κ3) is 6.04. The predicted octanol–water partition coefficient (Wildman–Crippen LogP) is 6.03. The first-order valence-corrected chi connectivity index (χ1v) is 10.5. The molecule has 0 aliphatic heterocycles. The lowest BCUT2D eigenvalue weighted by Crippen LogP contribution is -2.07. The fourth-order valence-electron chi connectivity index (χ4n) is 2.89. The molecular weight excluding hydrogens is 477 g/mol. The van der Waals surface area contributed by atoms with E-state index in [-0.39, 0.29) is 24.1 Å². The van der Waals surface area contributed by atoms with Crippen molar-refractivity contribution in [3.05, 3.63) is 93.7 Å². The van der Waals surface area contributed by atoms with Gasteiger partial charge in [-0.3, -0.25) is 9.59 Å². The first-order valence-electron chi connectivity index (χ1n) is 9.71. The molecule has 0 heterocycles. The molecule has 0 aliphatic rings. The summed E-state index contributed by atoms with van der Waals surface area (Å²) in [6.45, 7) is 1.53. The zero-order chi connectivity index (χ0) is 23.1. The maximum absolute atomic E-state index is 13.8. The van der Waals surface area contributed by atoms with E-state index in [2.05, 4.69) is 21.2 Å². The number of carbonyl (C=O) groups is 2. The average Bonchev–Trinajstić information content (AvgIpc) is 2.78. The Labute approximate surface area is 194 Å². The molecule has 3 aromatic carbocycles. The number of Topliss-reactive ketones (excluding diaryl/α,β-unsaturated/α-hetero) is 1.